The maximum atomic E-state index is 10.6. The van der Waals surface area contributed by atoms with E-state index in [0.29, 0.717) is 5.76 Å². The van der Waals surface area contributed by atoms with Crippen molar-refractivity contribution in [1.29, 1.82) is 0 Å². The molecule has 0 radical (unpaired) electrons. The number of carbonyl (C=O) groups is 1. The van der Waals surface area contributed by atoms with Crippen molar-refractivity contribution in [3.05, 3.63) is 22.6 Å². The third-order valence-electron chi connectivity index (χ3n) is 1.57. The quantitative estimate of drug-likeness (QED) is 0.881. The number of hydrogen-bond donors (Lipinski definition) is 1. The molecule has 1 heterocycles. The van der Waals surface area contributed by atoms with E-state index >= 15 is 0 Å². The van der Waals surface area contributed by atoms with Gasteiger partial charge in [-0.05, 0) is 22.0 Å². The van der Waals surface area contributed by atoms with Crippen LogP contribution < -0.4 is 0 Å². The molecule has 0 amide bonds. The molecule has 0 bridgehead atoms. The van der Waals surface area contributed by atoms with Gasteiger partial charge in [0.25, 0.3) is 0 Å². The summed E-state index contributed by atoms with van der Waals surface area (Å²) in [5.41, 5.74) is 0. The molecule has 0 saturated carbocycles. The molecule has 1 aromatic heterocycles. The number of furan rings is 1. The Morgan fingerprint density at radius 1 is 1.85 bits per heavy atom. The largest absolute Gasteiger partial charge is 0.479 e. The first-order valence-corrected chi connectivity index (χ1v) is 4.41. The molecule has 72 valence electrons. The lowest BCUT2D eigenvalue weighted by Gasteiger charge is -2.07. The number of hydrogen-bond acceptors (Lipinski definition) is 3. The van der Waals surface area contributed by atoms with Gasteiger partial charge in [-0.3, -0.25) is 0 Å². The highest BCUT2D eigenvalue weighted by Gasteiger charge is 2.18. The molecule has 1 atom stereocenters. The zero-order valence-electron chi connectivity index (χ0n) is 6.99. The number of carboxylic acid groups (broad SMARTS) is 1. The Balaban J connectivity index is 2.61. The number of ether oxygens (including phenoxy) is 1. The first-order valence-electron chi connectivity index (χ1n) is 3.62. The molecule has 1 aromatic rings. The maximum Gasteiger partial charge on any atom is 0.333 e. The lowest BCUT2D eigenvalue weighted by Crippen LogP contribution is -2.24. The van der Waals surface area contributed by atoms with Crippen LogP contribution in [0.4, 0.5) is 0 Å². The van der Waals surface area contributed by atoms with Crippen molar-refractivity contribution >= 4 is 21.9 Å². The zero-order chi connectivity index (χ0) is 9.84. The minimum atomic E-state index is -0.991. The molecule has 0 saturated heterocycles. The van der Waals surface area contributed by atoms with Gasteiger partial charge in [0, 0.05) is 13.5 Å². The number of rotatable bonds is 4. The summed E-state index contributed by atoms with van der Waals surface area (Å²) >= 11 is 3.20. The van der Waals surface area contributed by atoms with E-state index in [-0.39, 0.29) is 6.42 Å². The van der Waals surface area contributed by atoms with Crippen molar-refractivity contribution in [3.63, 3.8) is 0 Å². The topological polar surface area (TPSA) is 59.7 Å². The number of aliphatic carboxylic acids is 1. The highest BCUT2D eigenvalue weighted by Crippen LogP contribution is 2.16. The summed E-state index contributed by atoms with van der Waals surface area (Å²) in [5, 5.41) is 8.66. The highest BCUT2D eigenvalue weighted by molar-refractivity contribution is 9.10. The second kappa shape index (κ2) is 4.43. The Hall–Kier alpha value is -0.810. The molecule has 5 heteroatoms. The van der Waals surface area contributed by atoms with Gasteiger partial charge in [0.1, 0.15) is 12.0 Å². The van der Waals surface area contributed by atoms with Gasteiger partial charge in [-0.15, -0.1) is 0 Å². The fourth-order valence-electron chi connectivity index (χ4n) is 0.915. The Morgan fingerprint density at radius 3 is 2.92 bits per heavy atom. The molecule has 1 unspecified atom stereocenters. The van der Waals surface area contributed by atoms with Crippen LogP contribution in [0.3, 0.4) is 0 Å². The van der Waals surface area contributed by atoms with Gasteiger partial charge in [0.05, 0.1) is 4.47 Å². The van der Waals surface area contributed by atoms with Crippen molar-refractivity contribution < 1.29 is 19.1 Å². The molecular formula is C8H9BrO4. The predicted octanol–water partition coefficient (Wildman–Crippen LogP) is 1.68. The summed E-state index contributed by atoms with van der Waals surface area (Å²) < 4.78 is 10.6. The molecule has 13 heavy (non-hydrogen) atoms. The van der Waals surface area contributed by atoms with E-state index in [1.165, 1.54) is 13.4 Å². The van der Waals surface area contributed by atoms with Crippen molar-refractivity contribution in [1.82, 2.24) is 0 Å². The molecule has 0 spiro atoms. The van der Waals surface area contributed by atoms with Crippen LogP contribution >= 0.6 is 15.9 Å². The van der Waals surface area contributed by atoms with Crippen molar-refractivity contribution in [2.75, 3.05) is 7.11 Å². The van der Waals surface area contributed by atoms with Crippen LogP contribution in [-0.2, 0) is 16.0 Å². The fraction of sp³-hybridized carbons (Fsp3) is 0.375. The van der Waals surface area contributed by atoms with E-state index in [1.54, 1.807) is 6.07 Å². The van der Waals surface area contributed by atoms with E-state index in [9.17, 15) is 4.79 Å². The van der Waals surface area contributed by atoms with Crippen molar-refractivity contribution in [3.8, 4) is 0 Å². The third-order valence-corrected chi connectivity index (χ3v) is 1.98. The normalized spacial score (nSPS) is 12.8. The van der Waals surface area contributed by atoms with Gasteiger partial charge in [0.2, 0.25) is 0 Å². The highest BCUT2D eigenvalue weighted by atomic mass is 79.9. The SMILES string of the molecule is COC(Cc1cc(Br)co1)C(=O)O. The van der Waals surface area contributed by atoms with Gasteiger partial charge in [-0.1, -0.05) is 0 Å². The van der Waals surface area contributed by atoms with E-state index in [2.05, 4.69) is 15.9 Å². The molecule has 4 nitrogen and oxygen atoms in total. The van der Waals surface area contributed by atoms with Crippen LogP contribution in [0.15, 0.2) is 21.2 Å². The molecule has 0 aliphatic heterocycles. The Morgan fingerprint density at radius 2 is 2.54 bits per heavy atom. The average Bonchev–Trinajstić information content (AvgIpc) is 2.46. The van der Waals surface area contributed by atoms with Crippen molar-refractivity contribution in [2.24, 2.45) is 0 Å². The van der Waals surface area contributed by atoms with Crippen molar-refractivity contribution in [2.45, 2.75) is 12.5 Å². The lowest BCUT2D eigenvalue weighted by molar-refractivity contribution is -0.148. The summed E-state index contributed by atoms with van der Waals surface area (Å²) in [6, 6.07) is 1.72. The molecule has 0 aliphatic carbocycles. The van der Waals surface area contributed by atoms with Gasteiger partial charge < -0.3 is 14.3 Å². The van der Waals surface area contributed by atoms with Gasteiger partial charge >= 0.3 is 5.97 Å². The maximum absolute atomic E-state index is 10.6. The van der Waals surface area contributed by atoms with Crippen LogP contribution in [0.5, 0.6) is 0 Å². The fourth-order valence-corrected chi connectivity index (χ4v) is 1.26. The molecular weight excluding hydrogens is 240 g/mol. The minimum absolute atomic E-state index is 0.234. The molecule has 0 aliphatic rings. The Bertz CT molecular complexity index is 294. The van der Waals surface area contributed by atoms with E-state index in [0.717, 1.165) is 4.47 Å². The predicted molar refractivity (Wildman–Crippen MR) is 48.5 cm³/mol. The number of halogens is 1. The molecule has 0 fully saturated rings. The second-order valence-corrected chi connectivity index (χ2v) is 3.41. The van der Waals surface area contributed by atoms with Crippen LogP contribution in [0.25, 0.3) is 0 Å². The average molecular weight is 249 g/mol. The monoisotopic (exact) mass is 248 g/mol. The Labute approximate surface area is 83.6 Å². The minimum Gasteiger partial charge on any atom is -0.479 e. The summed E-state index contributed by atoms with van der Waals surface area (Å²) in [4.78, 5) is 10.6. The van der Waals surface area contributed by atoms with Crippen LogP contribution in [0, 0.1) is 0 Å². The third kappa shape index (κ3) is 2.86. The molecule has 0 aromatic carbocycles. The number of carboxylic acids is 1. The van der Waals surface area contributed by atoms with Gasteiger partial charge in [0.15, 0.2) is 6.10 Å². The van der Waals surface area contributed by atoms with Crippen LogP contribution in [0.2, 0.25) is 0 Å². The van der Waals surface area contributed by atoms with Gasteiger partial charge in [-0.2, -0.15) is 0 Å². The first-order chi connectivity index (χ1) is 6.13. The summed E-state index contributed by atoms with van der Waals surface area (Å²) in [6.45, 7) is 0. The smallest absolute Gasteiger partial charge is 0.333 e. The number of methoxy groups -OCH3 is 1. The second-order valence-electron chi connectivity index (χ2n) is 2.50. The van der Waals surface area contributed by atoms with E-state index in [1.807, 2.05) is 0 Å². The lowest BCUT2D eigenvalue weighted by atomic mass is 10.2. The summed E-state index contributed by atoms with van der Waals surface area (Å²) in [6.07, 6.45) is 0.888. The Kier molecular flexibility index (Phi) is 3.50. The zero-order valence-corrected chi connectivity index (χ0v) is 8.58. The summed E-state index contributed by atoms with van der Waals surface area (Å²) in [7, 11) is 1.36. The first kappa shape index (κ1) is 10.3. The molecule has 1 N–H and O–H groups in total. The molecule has 1 rings (SSSR count). The summed E-state index contributed by atoms with van der Waals surface area (Å²) in [5.74, 6) is -0.406. The van der Waals surface area contributed by atoms with Crippen LogP contribution in [-0.4, -0.2) is 24.3 Å². The standard InChI is InChI=1S/C8H9BrO4/c1-12-7(8(10)11)3-6-2-5(9)4-13-6/h2,4,7H,3H2,1H3,(H,10,11). The van der Waals surface area contributed by atoms with Crippen LogP contribution in [0.1, 0.15) is 5.76 Å². The van der Waals surface area contributed by atoms with Gasteiger partial charge in [-0.25, -0.2) is 4.79 Å². The van der Waals surface area contributed by atoms with E-state index < -0.39 is 12.1 Å². The van der Waals surface area contributed by atoms with E-state index in [4.69, 9.17) is 14.3 Å².